The van der Waals surface area contributed by atoms with Crippen LogP contribution in [0.15, 0.2) is 12.4 Å². The van der Waals surface area contributed by atoms with Crippen LogP contribution in [0.2, 0.25) is 0 Å². The molecule has 1 aliphatic rings. The van der Waals surface area contributed by atoms with Gasteiger partial charge in [-0.15, -0.1) is 0 Å². The fourth-order valence-electron chi connectivity index (χ4n) is 3.70. The van der Waals surface area contributed by atoms with Crippen molar-refractivity contribution in [1.29, 1.82) is 0 Å². The fraction of sp³-hybridized carbons (Fsp3) is 0.824. The topological polar surface area (TPSA) is 43.8 Å². The summed E-state index contributed by atoms with van der Waals surface area (Å²) in [5, 5.41) is 0. The van der Waals surface area contributed by atoms with Crippen LogP contribution >= 0.6 is 0 Å². The van der Waals surface area contributed by atoms with Crippen molar-refractivity contribution in [3.8, 4) is 0 Å². The molecular formula is C17H31N3. The van der Waals surface area contributed by atoms with Gasteiger partial charge in [-0.1, -0.05) is 27.7 Å². The molecule has 2 N–H and O–H groups in total. The van der Waals surface area contributed by atoms with Crippen molar-refractivity contribution in [2.45, 2.75) is 65.8 Å². The lowest BCUT2D eigenvalue weighted by molar-refractivity contribution is 0.128. The first kappa shape index (κ1) is 15.6. The molecule has 1 aliphatic carbocycles. The maximum absolute atomic E-state index is 6.04. The molecule has 0 amide bonds. The van der Waals surface area contributed by atoms with E-state index in [2.05, 4.69) is 43.4 Å². The molecule has 3 nitrogen and oxygen atoms in total. The van der Waals surface area contributed by atoms with Crippen molar-refractivity contribution >= 4 is 0 Å². The molecule has 0 saturated heterocycles. The van der Waals surface area contributed by atoms with Crippen LogP contribution in [-0.4, -0.2) is 16.1 Å². The molecule has 114 valence electrons. The normalized spacial score (nSPS) is 27.8. The largest absolute Gasteiger partial charge is 0.335 e. The van der Waals surface area contributed by atoms with E-state index in [0.717, 1.165) is 25.4 Å². The minimum atomic E-state index is 0.389. The summed E-state index contributed by atoms with van der Waals surface area (Å²) in [5.41, 5.74) is 6.43. The molecule has 3 atom stereocenters. The minimum absolute atomic E-state index is 0.389. The maximum Gasteiger partial charge on any atom is 0.112 e. The highest BCUT2D eigenvalue weighted by molar-refractivity contribution is 5.06. The van der Waals surface area contributed by atoms with Gasteiger partial charge in [0, 0.05) is 24.9 Å². The van der Waals surface area contributed by atoms with Crippen LogP contribution in [0.5, 0.6) is 0 Å². The van der Waals surface area contributed by atoms with Crippen molar-refractivity contribution < 1.29 is 0 Å². The molecule has 1 fully saturated rings. The number of hydrogen-bond acceptors (Lipinski definition) is 2. The van der Waals surface area contributed by atoms with Gasteiger partial charge in [-0.25, -0.2) is 4.98 Å². The van der Waals surface area contributed by atoms with Crippen LogP contribution in [0, 0.1) is 17.3 Å². The lowest BCUT2D eigenvalue weighted by Gasteiger charge is -2.41. The van der Waals surface area contributed by atoms with E-state index in [9.17, 15) is 0 Å². The lowest BCUT2D eigenvalue weighted by atomic mass is 9.65. The van der Waals surface area contributed by atoms with Gasteiger partial charge in [0.2, 0.25) is 0 Å². The standard InChI is InChI=1S/C17H31N3/c1-5-9-20-10-8-19-16(20)15-11-14(17(2,3)4)7-6-13(15)12-18/h8,10,13-15H,5-7,9,11-12,18H2,1-4H3. The molecule has 0 aromatic carbocycles. The SMILES string of the molecule is CCCn1ccnc1C1CC(C(C)(C)C)CCC1CN. The van der Waals surface area contributed by atoms with Crippen molar-refractivity contribution in [3.63, 3.8) is 0 Å². The third-order valence-electron chi connectivity index (χ3n) is 5.06. The number of nitrogens with two attached hydrogens (primary N) is 1. The van der Waals surface area contributed by atoms with Gasteiger partial charge in [0.05, 0.1) is 0 Å². The van der Waals surface area contributed by atoms with E-state index in [1.807, 2.05) is 6.20 Å². The van der Waals surface area contributed by atoms with Gasteiger partial charge in [0.15, 0.2) is 0 Å². The zero-order chi connectivity index (χ0) is 14.8. The second kappa shape index (κ2) is 6.30. The van der Waals surface area contributed by atoms with Crippen LogP contribution in [0.1, 0.15) is 65.1 Å². The molecule has 3 heteroatoms. The Morgan fingerprint density at radius 3 is 2.70 bits per heavy atom. The molecule has 20 heavy (non-hydrogen) atoms. The minimum Gasteiger partial charge on any atom is -0.335 e. The molecule has 1 aromatic heterocycles. The van der Waals surface area contributed by atoms with Crippen LogP contribution in [-0.2, 0) is 6.54 Å². The van der Waals surface area contributed by atoms with Crippen LogP contribution in [0.3, 0.4) is 0 Å². The fourth-order valence-corrected chi connectivity index (χ4v) is 3.70. The molecular weight excluding hydrogens is 246 g/mol. The average Bonchev–Trinajstić information content (AvgIpc) is 2.85. The Kier molecular flexibility index (Phi) is 4.90. The number of aromatic nitrogens is 2. The van der Waals surface area contributed by atoms with E-state index in [4.69, 9.17) is 5.73 Å². The number of hydrogen-bond donors (Lipinski definition) is 1. The molecule has 2 rings (SSSR count). The smallest absolute Gasteiger partial charge is 0.112 e. The third-order valence-corrected chi connectivity index (χ3v) is 5.06. The molecule has 1 saturated carbocycles. The number of nitrogens with zero attached hydrogens (tertiary/aromatic N) is 2. The third kappa shape index (κ3) is 3.25. The zero-order valence-corrected chi connectivity index (χ0v) is 13.6. The summed E-state index contributed by atoms with van der Waals surface area (Å²) in [5.74, 6) is 3.20. The van der Waals surface area contributed by atoms with Gasteiger partial charge < -0.3 is 10.3 Å². The first-order valence-corrected chi connectivity index (χ1v) is 8.18. The van der Waals surface area contributed by atoms with Crippen LogP contribution in [0.4, 0.5) is 0 Å². The second-order valence-electron chi connectivity index (χ2n) is 7.46. The average molecular weight is 277 g/mol. The molecule has 0 radical (unpaired) electrons. The summed E-state index contributed by atoms with van der Waals surface area (Å²) in [6, 6.07) is 0. The first-order valence-electron chi connectivity index (χ1n) is 8.18. The quantitative estimate of drug-likeness (QED) is 0.909. The molecule has 0 aliphatic heterocycles. The highest BCUT2D eigenvalue weighted by atomic mass is 15.1. The van der Waals surface area contributed by atoms with E-state index in [1.54, 1.807) is 0 Å². The molecule has 3 unspecified atom stereocenters. The van der Waals surface area contributed by atoms with Crippen molar-refractivity contribution in [1.82, 2.24) is 9.55 Å². The predicted molar refractivity (Wildman–Crippen MR) is 84.6 cm³/mol. The van der Waals surface area contributed by atoms with E-state index < -0.39 is 0 Å². The second-order valence-corrected chi connectivity index (χ2v) is 7.46. The monoisotopic (exact) mass is 277 g/mol. The van der Waals surface area contributed by atoms with E-state index in [-0.39, 0.29) is 0 Å². The predicted octanol–water partition coefficient (Wildman–Crippen LogP) is 3.80. The van der Waals surface area contributed by atoms with Gasteiger partial charge in [-0.2, -0.15) is 0 Å². The summed E-state index contributed by atoms with van der Waals surface area (Å²) in [6.45, 7) is 11.2. The highest BCUT2D eigenvalue weighted by Gasteiger charge is 2.37. The van der Waals surface area contributed by atoms with Gasteiger partial charge in [-0.05, 0) is 49.5 Å². The van der Waals surface area contributed by atoms with Crippen molar-refractivity contribution in [2.24, 2.45) is 23.0 Å². The maximum atomic E-state index is 6.04. The van der Waals surface area contributed by atoms with E-state index in [0.29, 0.717) is 17.3 Å². The van der Waals surface area contributed by atoms with Gasteiger partial charge in [0.1, 0.15) is 5.82 Å². The Bertz CT molecular complexity index is 416. The summed E-state index contributed by atoms with van der Waals surface area (Å²) in [7, 11) is 0. The van der Waals surface area contributed by atoms with E-state index in [1.165, 1.54) is 25.1 Å². The molecule has 1 heterocycles. The molecule has 0 bridgehead atoms. The van der Waals surface area contributed by atoms with Crippen molar-refractivity contribution in [2.75, 3.05) is 6.54 Å². The number of rotatable bonds is 4. The highest BCUT2D eigenvalue weighted by Crippen LogP contribution is 2.46. The van der Waals surface area contributed by atoms with Gasteiger partial charge in [-0.3, -0.25) is 0 Å². The summed E-state index contributed by atoms with van der Waals surface area (Å²) in [6.07, 6.45) is 9.06. The summed E-state index contributed by atoms with van der Waals surface area (Å²) >= 11 is 0. The van der Waals surface area contributed by atoms with Crippen LogP contribution < -0.4 is 5.73 Å². The molecule has 0 spiro atoms. The summed E-state index contributed by atoms with van der Waals surface area (Å²) < 4.78 is 2.35. The van der Waals surface area contributed by atoms with Crippen molar-refractivity contribution in [3.05, 3.63) is 18.2 Å². The van der Waals surface area contributed by atoms with E-state index >= 15 is 0 Å². The first-order chi connectivity index (χ1) is 9.47. The Labute approximate surface area is 124 Å². The Morgan fingerprint density at radius 2 is 2.10 bits per heavy atom. The molecule has 1 aromatic rings. The summed E-state index contributed by atoms with van der Waals surface area (Å²) in [4.78, 5) is 4.68. The number of imidazole rings is 1. The Balaban J connectivity index is 2.22. The Hall–Kier alpha value is -0.830. The van der Waals surface area contributed by atoms with Gasteiger partial charge in [0.25, 0.3) is 0 Å². The number of aryl methyl sites for hydroxylation is 1. The van der Waals surface area contributed by atoms with Gasteiger partial charge >= 0.3 is 0 Å². The van der Waals surface area contributed by atoms with Crippen LogP contribution in [0.25, 0.3) is 0 Å². The Morgan fingerprint density at radius 1 is 1.35 bits per heavy atom. The lowest BCUT2D eigenvalue weighted by Crippen LogP contribution is -2.35. The zero-order valence-electron chi connectivity index (χ0n) is 13.6.